The molecular weight excluding hydrogens is 580 g/mol. The molecule has 0 bridgehead atoms. The van der Waals surface area contributed by atoms with E-state index in [9.17, 15) is 24.0 Å². The quantitative estimate of drug-likeness (QED) is 0.200. The van der Waals surface area contributed by atoms with Gasteiger partial charge in [0.15, 0.2) is 0 Å². The van der Waals surface area contributed by atoms with Crippen LogP contribution in [0.3, 0.4) is 0 Å². The number of hydrogen-bond donors (Lipinski definition) is 3. The van der Waals surface area contributed by atoms with Gasteiger partial charge in [-0.2, -0.15) is 0 Å². The highest BCUT2D eigenvalue weighted by molar-refractivity contribution is 6.04. The summed E-state index contributed by atoms with van der Waals surface area (Å²) in [6.07, 6.45) is 3.75. The summed E-state index contributed by atoms with van der Waals surface area (Å²) in [5.41, 5.74) is 1.78. The lowest BCUT2D eigenvalue weighted by Gasteiger charge is -2.25. The van der Waals surface area contributed by atoms with E-state index in [0.717, 1.165) is 19.3 Å². The number of likely N-dealkylation sites (tertiary alicyclic amines) is 1. The van der Waals surface area contributed by atoms with Gasteiger partial charge in [0.05, 0.1) is 5.92 Å². The Labute approximate surface area is 277 Å². The molecule has 1 saturated heterocycles. The first-order valence-corrected chi connectivity index (χ1v) is 17.0. The van der Waals surface area contributed by atoms with Gasteiger partial charge in [-0.25, -0.2) is 0 Å². The maximum absolute atomic E-state index is 13.1. The Balaban J connectivity index is 1.79. The van der Waals surface area contributed by atoms with Gasteiger partial charge in [0.1, 0.15) is 12.1 Å². The average molecular weight is 641 g/mol. The minimum absolute atomic E-state index is 0.0606. The van der Waals surface area contributed by atoms with Gasteiger partial charge in [0.2, 0.25) is 29.5 Å². The molecule has 0 radical (unpaired) electrons. The number of benzene rings is 1. The van der Waals surface area contributed by atoms with E-state index in [1.807, 2.05) is 58.9 Å². The molecule has 9 nitrogen and oxygen atoms in total. The Bertz CT molecular complexity index is 1210. The summed E-state index contributed by atoms with van der Waals surface area (Å²) in [4.78, 5) is 65.4. The number of imide groups is 1. The van der Waals surface area contributed by atoms with Gasteiger partial charge in [-0.05, 0) is 78.9 Å². The van der Waals surface area contributed by atoms with Crippen molar-refractivity contribution in [3.05, 3.63) is 29.8 Å². The lowest BCUT2D eigenvalue weighted by atomic mass is 9.80. The summed E-state index contributed by atoms with van der Waals surface area (Å²) in [6, 6.07) is 6.18. The number of carbonyl (C=O) groups excluding carboxylic acids is 5. The third kappa shape index (κ3) is 12.5. The molecule has 0 aliphatic carbocycles. The molecule has 1 aliphatic rings. The molecule has 4 unspecified atom stereocenters. The fourth-order valence-electron chi connectivity index (χ4n) is 5.96. The van der Waals surface area contributed by atoms with Crippen molar-refractivity contribution in [3.8, 4) is 0 Å². The first-order chi connectivity index (χ1) is 21.2. The molecular formula is C37H60N4O5. The molecule has 1 heterocycles. The molecule has 1 fully saturated rings. The molecule has 46 heavy (non-hydrogen) atoms. The average Bonchev–Trinajstić information content (AvgIpc) is 3.22. The van der Waals surface area contributed by atoms with E-state index >= 15 is 0 Å². The van der Waals surface area contributed by atoms with E-state index in [-0.39, 0.29) is 71.0 Å². The lowest BCUT2D eigenvalue weighted by molar-refractivity contribution is -0.140. The summed E-state index contributed by atoms with van der Waals surface area (Å²) in [5, 5.41) is 8.48. The third-order valence-corrected chi connectivity index (χ3v) is 8.78. The summed E-state index contributed by atoms with van der Waals surface area (Å²) in [6.45, 7) is 22.5. The van der Waals surface area contributed by atoms with Crippen molar-refractivity contribution in [1.29, 1.82) is 0 Å². The van der Waals surface area contributed by atoms with Crippen molar-refractivity contribution >= 4 is 35.2 Å². The van der Waals surface area contributed by atoms with Crippen molar-refractivity contribution < 1.29 is 24.0 Å². The third-order valence-electron chi connectivity index (χ3n) is 8.78. The first kappa shape index (κ1) is 39.0. The molecule has 0 saturated carbocycles. The fourth-order valence-corrected chi connectivity index (χ4v) is 5.96. The normalized spacial score (nSPS) is 18.3. The Kier molecular flexibility index (Phi) is 14.0. The number of carbonyl (C=O) groups is 5. The number of nitrogens with zero attached hydrogens (tertiary/aromatic N) is 1. The molecule has 258 valence electrons. The van der Waals surface area contributed by atoms with Crippen molar-refractivity contribution in [3.63, 3.8) is 0 Å². The molecule has 1 aliphatic heterocycles. The minimum atomic E-state index is -0.785. The van der Waals surface area contributed by atoms with Crippen LogP contribution in [0.4, 0.5) is 5.69 Å². The van der Waals surface area contributed by atoms with Crippen LogP contribution in [-0.2, 0) is 30.4 Å². The van der Waals surface area contributed by atoms with E-state index in [1.165, 1.54) is 10.5 Å². The van der Waals surface area contributed by atoms with E-state index < -0.39 is 18.0 Å². The number of hydrogen-bond acceptors (Lipinski definition) is 5. The monoisotopic (exact) mass is 640 g/mol. The van der Waals surface area contributed by atoms with Crippen LogP contribution in [0, 0.1) is 34.5 Å². The van der Waals surface area contributed by atoms with E-state index in [2.05, 4.69) is 50.6 Å². The van der Waals surface area contributed by atoms with Crippen molar-refractivity contribution in [1.82, 2.24) is 15.5 Å². The zero-order valence-corrected chi connectivity index (χ0v) is 30.2. The molecule has 1 aromatic carbocycles. The highest BCUT2D eigenvalue weighted by atomic mass is 16.2. The maximum atomic E-state index is 13.1. The van der Waals surface area contributed by atoms with E-state index in [0.29, 0.717) is 18.7 Å². The molecule has 2 rings (SSSR count). The van der Waals surface area contributed by atoms with E-state index in [1.54, 1.807) is 6.92 Å². The van der Waals surface area contributed by atoms with Crippen LogP contribution in [-0.4, -0.2) is 53.1 Å². The summed E-state index contributed by atoms with van der Waals surface area (Å²) < 4.78 is 0. The summed E-state index contributed by atoms with van der Waals surface area (Å²) in [7, 11) is 0. The van der Waals surface area contributed by atoms with Gasteiger partial charge in [0.25, 0.3) is 0 Å². The predicted octanol–water partition coefficient (Wildman–Crippen LogP) is 6.11. The van der Waals surface area contributed by atoms with Crippen LogP contribution in [0.15, 0.2) is 24.3 Å². The van der Waals surface area contributed by atoms with Crippen LogP contribution >= 0.6 is 0 Å². The van der Waals surface area contributed by atoms with Gasteiger partial charge < -0.3 is 16.0 Å². The molecule has 0 spiro atoms. The van der Waals surface area contributed by atoms with Crippen LogP contribution in [0.1, 0.15) is 114 Å². The van der Waals surface area contributed by atoms with Crippen molar-refractivity contribution in [2.45, 2.75) is 127 Å². The molecule has 0 aromatic heterocycles. The number of anilines is 1. The van der Waals surface area contributed by atoms with Crippen molar-refractivity contribution in [2.24, 2.45) is 34.5 Å². The molecule has 9 heteroatoms. The Morgan fingerprint density at radius 3 is 1.96 bits per heavy atom. The summed E-state index contributed by atoms with van der Waals surface area (Å²) >= 11 is 0. The van der Waals surface area contributed by atoms with Gasteiger partial charge in [-0.15, -0.1) is 0 Å². The van der Waals surface area contributed by atoms with Crippen LogP contribution in [0.25, 0.3) is 0 Å². The fraction of sp³-hybridized carbons (Fsp3) is 0.703. The minimum Gasteiger partial charge on any atom is -0.344 e. The second kappa shape index (κ2) is 16.6. The number of amides is 5. The molecule has 5 atom stereocenters. The van der Waals surface area contributed by atoms with E-state index in [4.69, 9.17) is 0 Å². The predicted molar refractivity (Wildman–Crippen MR) is 184 cm³/mol. The highest BCUT2D eigenvalue weighted by Crippen LogP contribution is 2.35. The Morgan fingerprint density at radius 1 is 0.848 bits per heavy atom. The summed E-state index contributed by atoms with van der Waals surface area (Å²) in [5.74, 6) is -0.957. The second-order valence-corrected chi connectivity index (χ2v) is 16.2. The standard InChI is InChI=1S/C37H60N4O5/c1-23(2)32(34(45)38-26(5)33(44)39-28-15-13-27(14-16-28)22-36(6,7)8)40-30(42)17-12-24(3)20-25(4)18-19-41-31(43)21-29(35(41)46)37(9,10)11/h13-16,23-26,29,32H,12,17-22H2,1-11H3,(H,38,45)(H,39,44)(H,40,42)/t24?,25?,26-,29?,32?/m0/s1. The Hall–Kier alpha value is -3.23. The van der Waals surface area contributed by atoms with Crippen LogP contribution in [0.5, 0.6) is 0 Å². The SMILES string of the molecule is CC(CCC(=O)NC(C(=O)N[C@@H](C)C(=O)Nc1ccc(CC(C)(C)C)cc1)C(C)C)CC(C)CCN1C(=O)CC(C(C)(C)C)C1=O. The van der Waals surface area contributed by atoms with Gasteiger partial charge in [-0.3, -0.25) is 28.9 Å². The van der Waals surface area contributed by atoms with Crippen LogP contribution < -0.4 is 16.0 Å². The van der Waals surface area contributed by atoms with Crippen LogP contribution in [0.2, 0.25) is 0 Å². The smallest absolute Gasteiger partial charge is 0.246 e. The van der Waals surface area contributed by atoms with Gasteiger partial charge in [0, 0.05) is 25.1 Å². The topological polar surface area (TPSA) is 125 Å². The molecule has 1 aromatic rings. The zero-order valence-electron chi connectivity index (χ0n) is 30.2. The number of rotatable bonds is 15. The zero-order chi connectivity index (χ0) is 35.0. The van der Waals surface area contributed by atoms with Crippen molar-refractivity contribution in [2.75, 3.05) is 11.9 Å². The Morgan fingerprint density at radius 2 is 1.43 bits per heavy atom. The number of nitrogens with one attached hydrogen (secondary N) is 3. The largest absolute Gasteiger partial charge is 0.344 e. The second-order valence-electron chi connectivity index (χ2n) is 16.2. The van der Waals surface area contributed by atoms with Gasteiger partial charge in [-0.1, -0.05) is 81.4 Å². The maximum Gasteiger partial charge on any atom is 0.246 e. The molecule has 3 N–H and O–H groups in total. The lowest BCUT2D eigenvalue weighted by Crippen LogP contribution is -2.53. The van der Waals surface area contributed by atoms with Gasteiger partial charge >= 0.3 is 0 Å². The highest BCUT2D eigenvalue weighted by Gasteiger charge is 2.44. The molecule has 5 amide bonds. The first-order valence-electron chi connectivity index (χ1n) is 17.0.